The summed E-state index contributed by atoms with van der Waals surface area (Å²) in [6.45, 7) is 1.08. The lowest BCUT2D eigenvalue weighted by molar-refractivity contribution is -0.151. The highest BCUT2D eigenvalue weighted by atomic mass is 16.7. The molecule has 152 valence electrons. The SMILES string of the molecule is O=C(OCCOc1ccc2c(c1)OCO2)C1CCCCN1C(=O)c1ccccc1. The molecule has 7 heteroatoms. The van der Waals surface area contributed by atoms with Crippen molar-refractivity contribution in [1.82, 2.24) is 4.90 Å². The number of carbonyl (C=O) groups excluding carboxylic acids is 2. The van der Waals surface area contributed by atoms with E-state index in [0.29, 0.717) is 35.8 Å². The number of hydrogen-bond donors (Lipinski definition) is 0. The topological polar surface area (TPSA) is 74.3 Å². The molecule has 29 heavy (non-hydrogen) atoms. The number of esters is 1. The van der Waals surface area contributed by atoms with Gasteiger partial charge in [-0.3, -0.25) is 4.79 Å². The van der Waals surface area contributed by atoms with Gasteiger partial charge >= 0.3 is 5.97 Å². The molecule has 0 radical (unpaired) electrons. The van der Waals surface area contributed by atoms with Gasteiger partial charge in [-0.25, -0.2) is 4.79 Å². The Labute approximate surface area is 169 Å². The van der Waals surface area contributed by atoms with Gasteiger partial charge in [-0.05, 0) is 43.5 Å². The van der Waals surface area contributed by atoms with E-state index in [0.717, 1.165) is 12.8 Å². The summed E-state index contributed by atoms with van der Waals surface area (Å²) in [5.41, 5.74) is 0.582. The lowest BCUT2D eigenvalue weighted by atomic mass is 10.0. The number of ether oxygens (including phenoxy) is 4. The van der Waals surface area contributed by atoms with E-state index in [1.165, 1.54) is 0 Å². The smallest absolute Gasteiger partial charge is 0.328 e. The molecular formula is C22H23NO6. The zero-order chi connectivity index (χ0) is 20.1. The number of fused-ring (bicyclic) bond motifs is 1. The number of benzene rings is 2. The third kappa shape index (κ3) is 4.45. The zero-order valence-corrected chi connectivity index (χ0v) is 16.0. The molecule has 1 saturated heterocycles. The highest BCUT2D eigenvalue weighted by Crippen LogP contribution is 2.35. The molecule has 0 N–H and O–H groups in total. The average Bonchev–Trinajstić information content (AvgIpc) is 3.24. The summed E-state index contributed by atoms with van der Waals surface area (Å²) in [7, 11) is 0. The lowest BCUT2D eigenvalue weighted by Crippen LogP contribution is -2.48. The van der Waals surface area contributed by atoms with Crippen molar-refractivity contribution in [2.75, 3.05) is 26.6 Å². The molecule has 2 aliphatic rings. The molecule has 0 bridgehead atoms. The fourth-order valence-electron chi connectivity index (χ4n) is 3.53. The number of likely N-dealkylation sites (tertiary alicyclic amines) is 1. The van der Waals surface area contributed by atoms with Gasteiger partial charge in [0.1, 0.15) is 25.0 Å². The third-order valence-electron chi connectivity index (χ3n) is 5.00. The van der Waals surface area contributed by atoms with Gasteiger partial charge in [0.15, 0.2) is 11.5 Å². The molecule has 1 amide bonds. The van der Waals surface area contributed by atoms with Gasteiger partial charge in [0, 0.05) is 18.2 Å². The molecule has 2 aromatic carbocycles. The molecule has 2 heterocycles. The van der Waals surface area contributed by atoms with Crippen LogP contribution in [0.25, 0.3) is 0 Å². The fourth-order valence-corrected chi connectivity index (χ4v) is 3.53. The minimum absolute atomic E-state index is 0.108. The van der Waals surface area contributed by atoms with E-state index in [4.69, 9.17) is 18.9 Å². The minimum atomic E-state index is -0.554. The van der Waals surface area contributed by atoms with E-state index >= 15 is 0 Å². The average molecular weight is 397 g/mol. The molecule has 1 atom stereocenters. The Morgan fingerprint density at radius 3 is 2.69 bits per heavy atom. The van der Waals surface area contributed by atoms with Crippen molar-refractivity contribution >= 4 is 11.9 Å². The second-order valence-electron chi connectivity index (χ2n) is 6.91. The van der Waals surface area contributed by atoms with Crippen LogP contribution in [0.15, 0.2) is 48.5 Å². The van der Waals surface area contributed by atoms with Gasteiger partial charge < -0.3 is 23.8 Å². The van der Waals surface area contributed by atoms with Crippen molar-refractivity contribution in [3.05, 3.63) is 54.1 Å². The Morgan fingerprint density at radius 1 is 1.00 bits per heavy atom. The van der Waals surface area contributed by atoms with Crippen molar-refractivity contribution in [2.24, 2.45) is 0 Å². The van der Waals surface area contributed by atoms with Crippen LogP contribution >= 0.6 is 0 Å². The first kappa shape index (κ1) is 19.1. The van der Waals surface area contributed by atoms with Crippen molar-refractivity contribution in [3.8, 4) is 17.2 Å². The molecule has 4 rings (SSSR count). The van der Waals surface area contributed by atoms with E-state index in [-0.39, 0.29) is 31.9 Å². The Morgan fingerprint density at radius 2 is 1.83 bits per heavy atom. The first-order valence-corrected chi connectivity index (χ1v) is 9.77. The monoisotopic (exact) mass is 397 g/mol. The lowest BCUT2D eigenvalue weighted by Gasteiger charge is -2.34. The maximum atomic E-state index is 12.8. The molecule has 0 aliphatic carbocycles. The van der Waals surface area contributed by atoms with Crippen LogP contribution in [-0.2, 0) is 9.53 Å². The van der Waals surface area contributed by atoms with Crippen LogP contribution in [0, 0.1) is 0 Å². The minimum Gasteiger partial charge on any atom is -0.490 e. The largest absolute Gasteiger partial charge is 0.490 e. The molecule has 0 spiro atoms. The summed E-state index contributed by atoms with van der Waals surface area (Å²) in [4.78, 5) is 27.0. The van der Waals surface area contributed by atoms with E-state index in [9.17, 15) is 9.59 Å². The van der Waals surface area contributed by atoms with Crippen LogP contribution in [0.5, 0.6) is 17.2 Å². The number of carbonyl (C=O) groups is 2. The van der Waals surface area contributed by atoms with Crippen molar-refractivity contribution in [1.29, 1.82) is 0 Å². The number of rotatable bonds is 6. The predicted molar refractivity (Wildman–Crippen MR) is 104 cm³/mol. The molecule has 2 aromatic rings. The maximum absolute atomic E-state index is 12.8. The van der Waals surface area contributed by atoms with Gasteiger partial charge in [-0.15, -0.1) is 0 Å². The molecule has 1 fully saturated rings. The van der Waals surface area contributed by atoms with Gasteiger partial charge in [0.05, 0.1) is 0 Å². The number of hydrogen-bond acceptors (Lipinski definition) is 6. The quantitative estimate of drug-likeness (QED) is 0.551. The number of amides is 1. The highest BCUT2D eigenvalue weighted by molar-refractivity contribution is 5.96. The summed E-state index contributed by atoms with van der Waals surface area (Å²) >= 11 is 0. The Hall–Kier alpha value is -3.22. The second-order valence-corrected chi connectivity index (χ2v) is 6.91. The highest BCUT2D eigenvalue weighted by Gasteiger charge is 2.33. The summed E-state index contributed by atoms with van der Waals surface area (Å²) in [6.07, 6.45) is 2.39. The van der Waals surface area contributed by atoms with Crippen LogP contribution in [0.1, 0.15) is 29.6 Å². The second kappa shape index (κ2) is 8.86. The first-order chi connectivity index (χ1) is 14.2. The molecule has 7 nitrogen and oxygen atoms in total. The Kier molecular flexibility index (Phi) is 5.84. The normalized spacial score (nSPS) is 17.7. The summed E-state index contributed by atoms with van der Waals surface area (Å²) in [5, 5.41) is 0. The summed E-state index contributed by atoms with van der Waals surface area (Å²) in [6, 6.07) is 13.8. The molecular weight excluding hydrogens is 374 g/mol. The predicted octanol–water partition coefficient (Wildman–Crippen LogP) is 3.03. The Balaban J connectivity index is 1.29. The summed E-state index contributed by atoms with van der Waals surface area (Å²) < 4.78 is 21.6. The maximum Gasteiger partial charge on any atom is 0.328 e. The van der Waals surface area contributed by atoms with E-state index in [1.807, 2.05) is 18.2 Å². The molecule has 1 unspecified atom stereocenters. The van der Waals surface area contributed by atoms with Gasteiger partial charge in [-0.2, -0.15) is 0 Å². The first-order valence-electron chi connectivity index (χ1n) is 9.77. The van der Waals surface area contributed by atoms with Crippen molar-refractivity contribution < 1.29 is 28.5 Å². The molecule has 0 saturated carbocycles. The van der Waals surface area contributed by atoms with Crippen molar-refractivity contribution in [3.63, 3.8) is 0 Å². The van der Waals surface area contributed by atoms with Crippen LogP contribution in [0.2, 0.25) is 0 Å². The summed E-state index contributed by atoms with van der Waals surface area (Å²) in [5.74, 6) is 1.41. The third-order valence-corrected chi connectivity index (χ3v) is 5.00. The molecule has 0 aromatic heterocycles. The molecule has 2 aliphatic heterocycles. The van der Waals surface area contributed by atoms with Crippen LogP contribution < -0.4 is 14.2 Å². The van der Waals surface area contributed by atoms with Crippen LogP contribution in [-0.4, -0.2) is 49.4 Å². The number of nitrogens with zero attached hydrogens (tertiary/aromatic N) is 1. The van der Waals surface area contributed by atoms with Crippen molar-refractivity contribution in [2.45, 2.75) is 25.3 Å². The van der Waals surface area contributed by atoms with Crippen LogP contribution in [0.3, 0.4) is 0 Å². The van der Waals surface area contributed by atoms with Gasteiger partial charge in [0.2, 0.25) is 6.79 Å². The van der Waals surface area contributed by atoms with Gasteiger partial charge in [-0.1, -0.05) is 18.2 Å². The number of piperidine rings is 1. The fraction of sp³-hybridized carbons (Fsp3) is 0.364. The standard InChI is InChI=1S/C22H23NO6/c24-21(16-6-2-1-3-7-16)23-11-5-4-8-18(23)22(25)27-13-12-26-17-9-10-19-20(14-17)29-15-28-19/h1-3,6-7,9-10,14,18H,4-5,8,11-13,15H2. The van der Waals surface area contributed by atoms with E-state index in [1.54, 1.807) is 35.2 Å². The zero-order valence-electron chi connectivity index (χ0n) is 16.0. The van der Waals surface area contributed by atoms with Crippen LogP contribution in [0.4, 0.5) is 0 Å². The van der Waals surface area contributed by atoms with E-state index < -0.39 is 6.04 Å². The van der Waals surface area contributed by atoms with E-state index in [2.05, 4.69) is 0 Å². The van der Waals surface area contributed by atoms with Gasteiger partial charge in [0.25, 0.3) is 5.91 Å². The Bertz CT molecular complexity index is 869.